The number of hydrogen-bond acceptors (Lipinski definition) is 3. The molecule has 2 rings (SSSR count). The highest BCUT2D eigenvalue weighted by molar-refractivity contribution is 6.30. The molecule has 1 N–H and O–H groups in total. The maximum atomic E-state index is 11.9. The summed E-state index contributed by atoms with van der Waals surface area (Å²) >= 11 is 5.97. The van der Waals surface area contributed by atoms with E-state index in [-0.39, 0.29) is 18.1 Å². The summed E-state index contributed by atoms with van der Waals surface area (Å²) in [5.41, 5.74) is 0.962. The fourth-order valence-electron chi connectivity index (χ4n) is 2.50. The van der Waals surface area contributed by atoms with Gasteiger partial charge in [0.2, 0.25) is 5.91 Å². The number of benzene rings is 1. The fourth-order valence-corrected chi connectivity index (χ4v) is 2.70. The number of nitrogens with one attached hydrogen (secondary N) is 1. The first kappa shape index (κ1) is 16.3. The zero-order chi connectivity index (χ0) is 15.1. The molecule has 116 valence electrons. The molecule has 0 radical (unpaired) electrons. The van der Waals surface area contributed by atoms with Crippen molar-refractivity contribution in [1.29, 1.82) is 0 Å². The molecule has 1 aromatic carbocycles. The van der Waals surface area contributed by atoms with Gasteiger partial charge in [-0.25, -0.2) is 0 Å². The molecule has 0 aliphatic carbocycles. The molecule has 2 atom stereocenters. The van der Waals surface area contributed by atoms with Crippen molar-refractivity contribution < 1.29 is 14.3 Å². The van der Waals surface area contributed by atoms with Crippen LogP contribution in [-0.4, -0.2) is 32.3 Å². The largest absolute Gasteiger partial charge is 0.378 e. The van der Waals surface area contributed by atoms with E-state index in [1.807, 2.05) is 24.3 Å². The molecule has 1 aliphatic rings. The van der Waals surface area contributed by atoms with Gasteiger partial charge in [-0.1, -0.05) is 23.7 Å². The van der Waals surface area contributed by atoms with E-state index in [0.717, 1.165) is 31.4 Å². The van der Waals surface area contributed by atoms with Crippen LogP contribution in [0.15, 0.2) is 24.3 Å². The molecule has 21 heavy (non-hydrogen) atoms. The third-order valence-electron chi connectivity index (χ3n) is 3.71. The minimum absolute atomic E-state index is 0.0366. The van der Waals surface area contributed by atoms with E-state index in [1.165, 1.54) is 0 Å². The van der Waals surface area contributed by atoms with E-state index in [1.54, 1.807) is 7.11 Å². The summed E-state index contributed by atoms with van der Waals surface area (Å²) in [6.07, 6.45) is 3.53. The molecule has 0 saturated carbocycles. The second-order valence-electron chi connectivity index (χ2n) is 5.26. The molecule has 1 aliphatic heterocycles. The maximum absolute atomic E-state index is 11.9. The minimum atomic E-state index is -0.185. The van der Waals surface area contributed by atoms with Gasteiger partial charge in [0.25, 0.3) is 0 Å². The van der Waals surface area contributed by atoms with E-state index >= 15 is 0 Å². The predicted octanol–water partition coefficient (Wildman–Crippen LogP) is 3.10. The average Bonchev–Trinajstić information content (AvgIpc) is 2.99. The van der Waals surface area contributed by atoms with Crippen molar-refractivity contribution in [1.82, 2.24) is 5.32 Å². The van der Waals surface area contributed by atoms with E-state index in [4.69, 9.17) is 21.1 Å². The number of carbonyl (C=O) groups excluding carboxylic acids is 1. The van der Waals surface area contributed by atoms with Crippen molar-refractivity contribution in [2.45, 2.75) is 37.9 Å². The summed E-state index contributed by atoms with van der Waals surface area (Å²) in [7, 11) is 1.63. The number of methoxy groups -OCH3 is 1. The third kappa shape index (κ3) is 5.30. The molecule has 5 heteroatoms. The lowest BCUT2D eigenvalue weighted by Crippen LogP contribution is -2.29. The number of carbonyl (C=O) groups is 1. The molecule has 0 unspecified atom stereocenters. The molecule has 1 fully saturated rings. The van der Waals surface area contributed by atoms with Crippen molar-refractivity contribution in [2.24, 2.45) is 0 Å². The molecule has 1 amide bonds. The smallest absolute Gasteiger partial charge is 0.220 e. The van der Waals surface area contributed by atoms with E-state index in [0.29, 0.717) is 18.0 Å². The van der Waals surface area contributed by atoms with Crippen LogP contribution in [0.1, 0.15) is 37.4 Å². The predicted molar refractivity (Wildman–Crippen MR) is 82.4 cm³/mol. The molecule has 1 aromatic rings. The van der Waals surface area contributed by atoms with Crippen molar-refractivity contribution >= 4 is 17.5 Å². The standard InChI is InChI=1S/C16H22ClNO3/c1-20-15(12-4-2-5-13(17)10-12)11-18-16(19)8-7-14-6-3-9-21-14/h2,4-5,10,14-15H,3,6-9,11H2,1H3,(H,18,19)/t14-,15+/m0/s1. The molecule has 0 bridgehead atoms. The van der Waals surface area contributed by atoms with Gasteiger partial charge in [0.1, 0.15) is 0 Å². The third-order valence-corrected chi connectivity index (χ3v) is 3.94. The zero-order valence-corrected chi connectivity index (χ0v) is 13.1. The van der Waals surface area contributed by atoms with Gasteiger partial charge in [0.15, 0.2) is 0 Å². The second kappa shape index (κ2) is 8.37. The Morgan fingerprint density at radius 2 is 2.43 bits per heavy atom. The van der Waals surface area contributed by atoms with Gasteiger partial charge in [-0.3, -0.25) is 4.79 Å². The Morgan fingerprint density at radius 1 is 1.57 bits per heavy atom. The Morgan fingerprint density at radius 3 is 3.10 bits per heavy atom. The Balaban J connectivity index is 1.75. The van der Waals surface area contributed by atoms with E-state index < -0.39 is 0 Å². The average molecular weight is 312 g/mol. The molecular weight excluding hydrogens is 290 g/mol. The first-order valence-electron chi connectivity index (χ1n) is 7.35. The van der Waals surface area contributed by atoms with E-state index in [2.05, 4.69) is 5.32 Å². The Bertz CT molecular complexity index is 461. The molecule has 1 saturated heterocycles. The number of hydrogen-bond donors (Lipinski definition) is 1. The van der Waals surface area contributed by atoms with Crippen LogP contribution >= 0.6 is 11.6 Å². The van der Waals surface area contributed by atoms with Crippen LogP contribution in [0.4, 0.5) is 0 Å². The summed E-state index contributed by atoms with van der Waals surface area (Å²) in [6, 6.07) is 7.49. The zero-order valence-electron chi connectivity index (χ0n) is 12.3. The van der Waals surface area contributed by atoms with Crippen LogP contribution in [0.3, 0.4) is 0 Å². The lowest BCUT2D eigenvalue weighted by molar-refractivity contribution is -0.122. The number of rotatable bonds is 7. The number of amides is 1. The van der Waals surface area contributed by atoms with Crippen molar-refractivity contribution in [3.8, 4) is 0 Å². The van der Waals surface area contributed by atoms with E-state index in [9.17, 15) is 4.79 Å². The second-order valence-corrected chi connectivity index (χ2v) is 5.69. The van der Waals surface area contributed by atoms with Gasteiger partial charge in [-0.05, 0) is 37.0 Å². The van der Waals surface area contributed by atoms with Crippen LogP contribution in [0.2, 0.25) is 5.02 Å². The molecule has 1 heterocycles. The first-order valence-corrected chi connectivity index (χ1v) is 7.73. The summed E-state index contributed by atoms with van der Waals surface area (Å²) in [5, 5.41) is 3.58. The molecule has 0 aromatic heterocycles. The van der Waals surface area contributed by atoms with Gasteiger partial charge in [0, 0.05) is 31.7 Å². The van der Waals surface area contributed by atoms with Crippen molar-refractivity contribution in [3.05, 3.63) is 34.9 Å². The quantitative estimate of drug-likeness (QED) is 0.841. The topological polar surface area (TPSA) is 47.6 Å². The highest BCUT2D eigenvalue weighted by Gasteiger charge is 2.17. The first-order chi connectivity index (χ1) is 10.2. The van der Waals surface area contributed by atoms with Gasteiger partial charge >= 0.3 is 0 Å². The Hall–Kier alpha value is -1.10. The summed E-state index contributed by atoms with van der Waals surface area (Å²) in [5.74, 6) is 0.0366. The fraction of sp³-hybridized carbons (Fsp3) is 0.562. The van der Waals surface area contributed by atoms with Crippen LogP contribution in [-0.2, 0) is 14.3 Å². The van der Waals surface area contributed by atoms with Gasteiger partial charge in [-0.2, -0.15) is 0 Å². The Kier molecular flexibility index (Phi) is 6.49. The van der Waals surface area contributed by atoms with Crippen molar-refractivity contribution in [3.63, 3.8) is 0 Å². The van der Waals surface area contributed by atoms with Gasteiger partial charge in [-0.15, -0.1) is 0 Å². The molecule has 0 spiro atoms. The van der Waals surface area contributed by atoms with Crippen LogP contribution in [0.5, 0.6) is 0 Å². The highest BCUT2D eigenvalue weighted by atomic mass is 35.5. The SMILES string of the molecule is CO[C@H](CNC(=O)CC[C@@H]1CCCO1)c1cccc(Cl)c1. The van der Waals surface area contributed by atoms with Gasteiger partial charge in [0.05, 0.1) is 12.2 Å². The molecular formula is C16H22ClNO3. The minimum Gasteiger partial charge on any atom is -0.378 e. The maximum Gasteiger partial charge on any atom is 0.220 e. The van der Waals surface area contributed by atoms with Crippen LogP contribution in [0.25, 0.3) is 0 Å². The van der Waals surface area contributed by atoms with Gasteiger partial charge < -0.3 is 14.8 Å². The normalized spacial score (nSPS) is 19.4. The summed E-state index contributed by atoms with van der Waals surface area (Å²) < 4.78 is 10.9. The van der Waals surface area contributed by atoms with Crippen LogP contribution in [0, 0.1) is 0 Å². The molecule has 4 nitrogen and oxygen atoms in total. The lowest BCUT2D eigenvalue weighted by Gasteiger charge is -2.17. The summed E-state index contributed by atoms with van der Waals surface area (Å²) in [6.45, 7) is 1.27. The lowest BCUT2D eigenvalue weighted by atomic mass is 10.1. The highest BCUT2D eigenvalue weighted by Crippen LogP contribution is 2.20. The summed E-state index contributed by atoms with van der Waals surface area (Å²) in [4.78, 5) is 11.9. The number of ether oxygens (including phenoxy) is 2. The van der Waals surface area contributed by atoms with Crippen LogP contribution < -0.4 is 5.32 Å². The van der Waals surface area contributed by atoms with Crippen molar-refractivity contribution in [2.75, 3.05) is 20.3 Å². The number of halogens is 1. The monoisotopic (exact) mass is 311 g/mol. The Labute approximate surface area is 130 Å².